The Morgan fingerprint density at radius 1 is 1.11 bits per heavy atom. The Kier molecular flexibility index (Phi) is 8.97. The van der Waals surface area contributed by atoms with Crippen LogP contribution in [0.5, 0.6) is 0 Å². The number of fused-ring (bicyclic) bond motifs is 1. The Morgan fingerprint density at radius 3 is 2.50 bits per heavy atom. The average molecular weight is 535 g/mol. The van der Waals surface area contributed by atoms with Gasteiger partial charge in [0.15, 0.2) is 33.5 Å². The number of halogens is 2. The zero-order chi connectivity index (χ0) is 25.1. The van der Waals surface area contributed by atoms with E-state index >= 15 is 0 Å². The number of anilines is 2. The van der Waals surface area contributed by atoms with Crippen LogP contribution in [-0.4, -0.2) is 32.4 Å². The van der Waals surface area contributed by atoms with Crippen molar-refractivity contribution < 1.29 is 26.6 Å². The molecular formula is C24H32Cl2N8O2. The summed E-state index contributed by atoms with van der Waals surface area (Å²) < 4.78 is 4.17. The summed E-state index contributed by atoms with van der Waals surface area (Å²) in [5.41, 5.74) is 13.8. The highest BCUT2D eigenvalue weighted by atomic mass is 35.5. The summed E-state index contributed by atoms with van der Waals surface area (Å²) in [4.78, 5) is 34.0. The molecule has 1 fully saturated rings. The summed E-state index contributed by atoms with van der Waals surface area (Å²) in [7, 11) is 0. The molecule has 0 saturated heterocycles. The zero-order valence-electron chi connectivity index (χ0n) is 20.5. The summed E-state index contributed by atoms with van der Waals surface area (Å²) in [5, 5.41) is 6.02. The molecule has 4 rings (SSSR count). The van der Waals surface area contributed by atoms with Crippen molar-refractivity contribution in [3.8, 4) is 0 Å². The van der Waals surface area contributed by atoms with Crippen LogP contribution in [0.4, 0.5) is 11.6 Å². The van der Waals surface area contributed by atoms with E-state index in [0.29, 0.717) is 18.7 Å². The van der Waals surface area contributed by atoms with E-state index < -0.39 is 5.91 Å². The molecule has 2 aromatic heterocycles. The molecule has 0 aliphatic heterocycles. The Labute approximate surface area is 221 Å². The van der Waals surface area contributed by atoms with E-state index in [1.807, 2.05) is 32.0 Å². The molecule has 1 saturated carbocycles. The molecule has 194 valence electrons. The number of hydrogen-bond acceptors (Lipinski definition) is 6. The molecule has 0 atom stereocenters. The van der Waals surface area contributed by atoms with E-state index in [-0.39, 0.29) is 53.4 Å². The Hall–Kier alpha value is -3.11. The maximum absolute atomic E-state index is 13.3. The van der Waals surface area contributed by atoms with Crippen molar-refractivity contribution in [1.82, 2.24) is 25.2 Å². The molecule has 12 heteroatoms. The highest BCUT2D eigenvalue weighted by Crippen LogP contribution is 2.22. The topological polar surface area (TPSA) is 145 Å². The lowest BCUT2D eigenvalue weighted by Crippen LogP contribution is -3.00. The number of aromatic nitrogens is 4. The summed E-state index contributed by atoms with van der Waals surface area (Å²) in [6.45, 7) is 5.53. The van der Waals surface area contributed by atoms with E-state index in [9.17, 15) is 9.59 Å². The normalized spacial score (nSPS) is 13.9. The minimum absolute atomic E-state index is 0. The van der Waals surface area contributed by atoms with Crippen LogP contribution in [0, 0.1) is 0 Å². The van der Waals surface area contributed by atoms with Crippen LogP contribution in [0.2, 0.25) is 5.15 Å². The SMILES string of the molecule is CCn1c(CNC(=O)c2nc(Cl)c(N)nc2N)[n+](CC)c2c(C(=O)NC3CCCCC3)cccc21.[Cl-]. The smallest absolute Gasteiger partial charge is 0.277 e. The molecule has 2 heterocycles. The van der Waals surface area contributed by atoms with E-state index in [1.165, 1.54) is 6.42 Å². The van der Waals surface area contributed by atoms with Gasteiger partial charge in [0.1, 0.15) is 6.54 Å². The first-order chi connectivity index (χ1) is 16.8. The largest absolute Gasteiger partial charge is 1.00 e. The maximum atomic E-state index is 13.3. The van der Waals surface area contributed by atoms with Crippen LogP contribution in [0.15, 0.2) is 18.2 Å². The number of aryl methyl sites for hydroxylation is 2. The van der Waals surface area contributed by atoms with Gasteiger partial charge in [-0.1, -0.05) is 36.9 Å². The van der Waals surface area contributed by atoms with Gasteiger partial charge < -0.3 is 34.5 Å². The van der Waals surface area contributed by atoms with E-state index in [2.05, 4.69) is 29.7 Å². The van der Waals surface area contributed by atoms with Gasteiger partial charge in [-0.05, 0) is 38.8 Å². The second-order valence-corrected chi connectivity index (χ2v) is 9.06. The molecule has 1 aliphatic carbocycles. The zero-order valence-corrected chi connectivity index (χ0v) is 22.0. The number of nitrogen functional groups attached to an aromatic ring is 2. The molecule has 2 amide bonds. The molecule has 1 aliphatic rings. The number of carbonyl (C=O) groups is 2. The van der Waals surface area contributed by atoms with Gasteiger partial charge in [0.25, 0.3) is 17.6 Å². The molecule has 1 aromatic carbocycles. The van der Waals surface area contributed by atoms with Crippen molar-refractivity contribution >= 4 is 46.1 Å². The fraction of sp³-hybridized carbons (Fsp3) is 0.458. The third kappa shape index (κ3) is 5.34. The first kappa shape index (κ1) is 27.5. The molecule has 10 nitrogen and oxygen atoms in total. The number of nitrogens with zero attached hydrogens (tertiary/aromatic N) is 4. The van der Waals surface area contributed by atoms with Crippen LogP contribution >= 0.6 is 11.6 Å². The third-order valence-corrected chi connectivity index (χ3v) is 6.82. The van der Waals surface area contributed by atoms with Gasteiger partial charge in [0.05, 0.1) is 18.7 Å². The number of nitrogens with two attached hydrogens (primary N) is 2. The number of para-hydroxylation sites is 1. The molecule has 0 bridgehead atoms. The predicted octanol–water partition coefficient (Wildman–Crippen LogP) is -0.427. The van der Waals surface area contributed by atoms with Gasteiger partial charge in [-0.2, -0.15) is 0 Å². The Bertz CT molecular complexity index is 1270. The second kappa shape index (κ2) is 11.7. The fourth-order valence-corrected chi connectivity index (χ4v) is 5.00. The van der Waals surface area contributed by atoms with Gasteiger partial charge in [-0.3, -0.25) is 9.59 Å². The average Bonchev–Trinajstić information content (AvgIpc) is 3.17. The molecule has 0 unspecified atom stereocenters. The summed E-state index contributed by atoms with van der Waals surface area (Å²) in [6, 6.07) is 5.98. The lowest BCUT2D eigenvalue weighted by Gasteiger charge is -2.22. The minimum Gasteiger partial charge on any atom is -1.00 e. The van der Waals surface area contributed by atoms with Crippen molar-refractivity contribution in [3.05, 3.63) is 40.4 Å². The Balaban J connectivity index is 0.00000361. The lowest BCUT2D eigenvalue weighted by molar-refractivity contribution is -0.676. The highest BCUT2D eigenvalue weighted by molar-refractivity contribution is 6.31. The number of nitrogens with one attached hydrogen (secondary N) is 2. The second-order valence-electron chi connectivity index (χ2n) is 8.70. The number of carbonyl (C=O) groups excluding carboxylic acids is 2. The number of rotatable bonds is 7. The molecule has 6 N–H and O–H groups in total. The maximum Gasteiger partial charge on any atom is 0.277 e. The number of amides is 2. The molecule has 0 radical (unpaired) electrons. The first-order valence-electron chi connectivity index (χ1n) is 12.1. The minimum atomic E-state index is -0.511. The van der Waals surface area contributed by atoms with E-state index in [0.717, 1.165) is 42.5 Å². The van der Waals surface area contributed by atoms with Crippen LogP contribution in [0.1, 0.15) is 72.6 Å². The quantitative estimate of drug-likeness (QED) is 0.303. The molecule has 36 heavy (non-hydrogen) atoms. The summed E-state index contributed by atoms with van der Waals surface area (Å²) >= 11 is 5.93. The van der Waals surface area contributed by atoms with Crippen molar-refractivity contribution in [2.24, 2.45) is 0 Å². The molecule has 3 aromatic rings. The Morgan fingerprint density at radius 2 is 1.83 bits per heavy atom. The van der Waals surface area contributed by atoms with Crippen LogP contribution < -0.4 is 39.1 Å². The standard InChI is InChI=1S/C24H31ClN8O2.ClH/c1-3-32-16-12-8-11-15(23(34)29-14-9-6-5-7-10-14)19(16)33(4-2)17(32)13-28-24(35)18-21(26)31-22(27)20(25)30-18;/h8,11-12,14H,3-7,9-10,13H2,1-2H3,(H5-,26,27,28,29,31,34,35);1H. The highest BCUT2D eigenvalue weighted by Gasteiger charge is 2.29. The van der Waals surface area contributed by atoms with Gasteiger partial charge in [0.2, 0.25) is 0 Å². The number of benzene rings is 1. The lowest BCUT2D eigenvalue weighted by atomic mass is 9.95. The van der Waals surface area contributed by atoms with E-state index in [4.69, 9.17) is 23.1 Å². The van der Waals surface area contributed by atoms with E-state index in [1.54, 1.807) is 0 Å². The van der Waals surface area contributed by atoms with Crippen LogP contribution in [0.25, 0.3) is 11.0 Å². The van der Waals surface area contributed by atoms with Crippen molar-refractivity contribution in [2.45, 2.75) is 71.6 Å². The van der Waals surface area contributed by atoms with Crippen molar-refractivity contribution in [2.75, 3.05) is 11.5 Å². The van der Waals surface area contributed by atoms with Crippen molar-refractivity contribution in [3.63, 3.8) is 0 Å². The van der Waals surface area contributed by atoms with Gasteiger partial charge in [-0.25, -0.2) is 19.1 Å². The fourth-order valence-electron chi connectivity index (χ4n) is 4.88. The molecule has 0 spiro atoms. The van der Waals surface area contributed by atoms with Gasteiger partial charge in [0, 0.05) is 6.04 Å². The van der Waals surface area contributed by atoms with Gasteiger partial charge in [-0.15, -0.1) is 0 Å². The first-order valence-corrected chi connectivity index (χ1v) is 12.4. The summed E-state index contributed by atoms with van der Waals surface area (Å²) in [5.74, 6) is 0.153. The summed E-state index contributed by atoms with van der Waals surface area (Å²) in [6.07, 6.45) is 5.56. The molecular weight excluding hydrogens is 503 g/mol. The predicted molar refractivity (Wildman–Crippen MR) is 135 cm³/mol. The number of imidazole rings is 1. The third-order valence-electron chi connectivity index (χ3n) is 6.54. The van der Waals surface area contributed by atoms with Crippen LogP contribution in [0.3, 0.4) is 0 Å². The van der Waals surface area contributed by atoms with Crippen LogP contribution in [-0.2, 0) is 19.6 Å². The van der Waals surface area contributed by atoms with Gasteiger partial charge >= 0.3 is 0 Å². The monoisotopic (exact) mass is 534 g/mol. The van der Waals surface area contributed by atoms with Crippen molar-refractivity contribution in [1.29, 1.82) is 0 Å². The number of hydrogen-bond donors (Lipinski definition) is 4.